The van der Waals surface area contributed by atoms with Crippen molar-refractivity contribution in [3.05, 3.63) is 146 Å². The first-order chi connectivity index (χ1) is 21.8. The van der Waals surface area contributed by atoms with Crippen LogP contribution in [0.4, 0.5) is 0 Å². The number of rotatable bonds is 4. The van der Waals surface area contributed by atoms with Crippen LogP contribution < -0.4 is 0 Å². The van der Waals surface area contributed by atoms with Crippen LogP contribution in [0, 0.1) is 0 Å². The summed E-state index contributed by atoms with van der Waals surface area (Å²) in [4.78, 5) is 14.1. The second-order valence-corrected chi connectivity index (χ2v) is 12.0. The third-order valence-corrected chi connectivity index (χ3v) is 9.58. The Hall–Kier alpha value is -5.65. The molecule has 5 heterocycles. The lowest BCUT2D eigenvalue weighted by atomic mass is 9.99. The Labute approximate surface area is 257 Å². The zero-order valence-corrected chi connectivity index (χ0v) is 24.4. The first-order valence-electron chi connectivity index (χ1n) is 14.6. The van der Waals surface area contributed by atoms with Gasteiger partial charge in [0.25, 0.3) is 0 Å². The van der Waals surface area contributed by atoms with Crippen molar-refractivity contribution in [2.75, 3.05) is 0 Å². The molecule has 0 saturated carbocycles. The van der Waals surface area contributed by atoms with Crippen LogP contribution in [0.25, 0.3) is 81.3 Å². The van der Waals surface area contributed by atoms with Crippen LogP contribution in [0.2, 0.25) is 0 Å². The lowest BCUT2D eigenvalue weighted by Crippen LogP contribution is -1.96. The summed E-state index contributed by atoms with van der Waals surface area (Å²) in [6.45, 7) is 0. The molecule has 9 rings (SSSR count). The third kappa shape index (κ3) is 3.94. The Kier molecular flexibility index (Phi) is 5.64. The minimum Gasteiger partial charge on any atom is -0.308 e. The van der Waals surface area contributed by atoms with E-state index in [0.29, 0.717) is 0 Å². The lowest BCUT2D eigenvalue weighted by molar-refractivity contribution is 1.18. The second-order valence-electron chi connectivity index (χ2n) is 10.9. The van der Waals surface area contributed by atoms with Crippen molar-refractivity contribution < 1.29 is 0 Å². The maximum absolute atomic E-state index is 5.37. The highest BCUT2D eigenvalue weighted by molar-refractivity contribution is 7.26. The molecule has 0 saturated heterocycles. The number of fused-ring (bicyclic) bond motifs is 7. The maximum atomic E-state index is 5.37. The lowest BCUT2D eigenvalue weighted by Gasteiger charge is -2.14. The molecule has 0 bridgehead atoms. The highest BCUT2D eigenvalue weighted by Gasteiger charge is 2.20. The molecule has 0 unspecified atom stereocenters. The van der Waals surface area contributed by atoms with Crippen molar-refractivity contribution in [3.63, 3.8) is 0 Å². The molecule has 9 aromatic rings. The van der Waals surface area contributed by atoms with E-state index >= 15 is 0 Å². The number of hydrogen-bond donors (Lipinski definition) is 0. The van der Waals surface area contributed by atoms with E-state index in [9.17, 15) is 0 Å². The van der Waals surface area contributed by atoms with Gasteiger partial charge < -0.3 is 4.57 Å². The van der Waals surface area contributed by atoms with Crippen LogP contribution in [0.5, 0.6) is 0 Å². The monoisotopic (exact) mass is 580 g/mol. The molecule has 0 aliphatic carbocycles. The number of thiophene rings is 1. The summed E-state index contributed by atoms with van der Waals surface area (Å²) in [5.41, 5.74) is 10.8. The van der Waals surface area contributed by atoms with Gasteiger partial charge in [0.2, 0.25) is 0 Å². The van der Waals surface area contributed by atoms with Crippen molar-refractivity contribution in [1.82, 2.24) is 19.5 Å². The number of aromatic nitrogens is 4. The summed E-state index contributed by atoms with van der Waals surface area (Å²) < 4.78 is 4.93. The molecule has 0 fully saturated rings. The Morgan fingerprint density at radius 2 is 1.30 bits per heavy atom. The molecule has 5 heteroatoms. The van der Waals surface area contributed by atoms with Crippen molar-refractivity contribution >= 4 is 53.4 Å². The van der Waals surface area contributed by atoms with Crippen LogP contribution >= 0.6 is 11.3 Å². The molecule has 0 aliphatic rings. The van der Waals surface area contributed by atoms with E-state index in [1.54, 1.807) is 0 Å². The Morgan fingerprint density at radius 1 is 0.523 bits per heavy atom. The highest BCUT2D eigenvalue weighted by Crippen LogP contribution is 2.44. The minimum absolute atomic E-state index is 0.969. The molecule has 0 atom stereocenters. The molecule has 206 valence electrons. The summed E-state index contributed by atoms with van der Waals surface area (Å²) in [7, 11) is 0. The van der Waals surface area contributed by atoms with Crippen LogP contribution in [-0.2, 0) is 0 Å². The van der Waals surface area contributed by atoms with Gasteiger partial charge in [0.05, 0.1) is 22.2 Å². The second kappa shape index (κ2) is 9.97. The number of pyridine rings is 3. The third-order valence-electron chi connectivity index (χ3n) is 8.37. The van der Waals surface area contributed by atoms with Crippen LogP contribution in [0.15, 0.2) is 146 Å². The minimum atomic E-state index is 0.969. The molecule has 4 aromatic carbocycles. The molecule has 0 aliphatic heterocycles. The fraction of sp³-hybridized carbons (Fsp3) is 0. The molecule has 5 aromatic heterocycles. The predicted octanol–water partition coefficient (Wildman–Crippen LogP) is 10.3. The first-order valence-corrected chi connectivity index (χ1v) is 15.4. The van der Waals surface area contributed by atoms with Gasteiger partial charge in [0, 0.05) is 67.2 Å². The topological polar surface area (TPSA) is 43.6 Å². The molecular formula is C39H24N4S. The van der Waals surface area contributed by atoms with E-state index in [2.05, 4.69) is 124 Å². The SMILES string of the molecule is c1ccc(-c2ccc3c(n2)c2c4sc5ccccc5c4ccc2n3-c2cc(-c3ccncc3)cc(-c3cccnc3)c2)cc1. The van der Waals surface area contributed by atoms with Crippen molar-refractivity contribution in [2.24, 2.45) is 0 Å². The van der Waals surface area contributed by atoms with Gasteiger partial charge in [0.15, 0.2) is 0 Å². The van der Waals surface area contributed by atoms with Crippen LogP contribution in [0.1, 0.15) is 0 Å². The fourth-order valence-electron chi connectivity index (χ4n) is 6.34. The van der Waals surface area contributed by atoms with E-state index in [1.807, 2.05) is 48.3 Å². The fourth-order valence-corrected chi connectivity index (χ4v) is 7.58. The van der Waals surface area contributed by atoms with Gasteiger partial charge in [-0.25, -0.2) is 4.98 Å². The molecule has 4 nitrogen and oxygen atoms in total. The molecule has 0 radical (unpaired) electrons. The molecule has 44 heavy (non-hydrogen) atoms. The molecule has 0 amide bonds. The zero-order chi connectivity index (χ0) is 29.0. The Morgan fingerprint density at radius 3 is 2.14 bits per heavy atom. The van der Waals surface area contributed by atoms with E-state index < -0.39 is 0 Å². The van der Waals surface area contributed by atoms with E-state index in [4.69, 9.17) is 4.98 Å². The summed E-state index contributed by atoms with van der Waals surface area (Å²) in [6.07, 6.45) is 7.44. The quantitative estimate of drug-likeness (QED) is 0.208. The van der Waals surface area contributed by atoms with Gasteiger partial charge in [-0.2, -0.15) is 0 Å². The van der Waals surface area contributed by atoms with Crippen molar-refractivity contribution in [1.29, 1.82) is 0 Å². The van der Waals surface area contributed by atoms with Gasteiger partial charge >= 0.3 is 0 Å². The van der Waals surface area contributed by atoms with Gasteiger partial charge in [-0.3, -0.25) is 9.97 Å². The molecule has 0 N–H and O–H groups in total. The zero-order valence-electron chi connectivity index (χ0n) is 23.6. The number of nitrogens with zero attached hydrogens (tertiary/aromatic N) is 4. The largest absolute Gasteiger partial charge is 0.308 e. The smallest absolute Gasteiger partial charge is 0.0985 e. The van der Waals surface area contributed by atoms with Gasteiger partial charge in [-0.05, 0) is 77.4 Å². The van der Waals surface area contributed by atoms with Crippen molar-refractivity contribution in [2.45, 2.75) is 0 Å². The summed E-state index contributed by atoms with van der Waals surface area (Å²) in [6, 6.07) is 43.0. The first kappa shape index (κ1) is 24.9. The molecular weight excluding hydrogens is 557 g/mol. The van der Waals surface area contributed by atoms with E-state index in [1.165, 1.54) is 25.6 Å². The van der Waals surface area contributed by atoms with Gasteiger partial charge in [-0.15, -0.1) is 11.3 Å². The normalized spacial score (nSPS) is 11.6. The standard InChI is InChI=1S/C39H24N4S/c1-2-7-26(8-3-1)33-13-15-35-38(42-33)37-34(14-12-32-31-10-4-5-11-36(31)44-39(32)37)43(35)30-22-28(25-16-19-40-20-17-25)21-29(23-30)27-9-6-18-41-24-27/h1-24H. The summed E-state index contributed by atoms with van der Waals surface area (Å²) in [5, 5.41) is 3.74. The van der Waals surface area contributed by atoms with Crippen LogP contribution in [0.3, 0.4) is 0 Å². The summed E-state index contributed by atoms with van der Waals surface area (Å²) >= 11 is 1.85. The molecule has 0 spiro atoms. The van der Waals surface area contributed by atoms with E-state index in [-0.39, 0.29) is 0 Å². The Bertz CT molecular complexity index is 2420. The van der Waals surface area contributed by atoms with Gasteiger partial charge in [0.1, 0.15) is 0 Å². The maximum Gasteiger partial charge on any atom is 0.0985 e. The summed E-state index contributed by atoms with van der Waals surface area (Å²) in [5.74, 6) is 0. The average Bonchev–Trinajstić information content (AvgIpc) is 3.64. The number of benzene rings is 4. The average molecular weight is 581 g/mol. The van der Waals surface area contributed by atoms with E-state index in [0.717, 1.165) is 55.7 Å². The van der Waals surface area contributed by atoms with Crippen molar-refractivity contribution in [3.8, 4) is 39.2 Å². The van der Waals surface area contributed by atoms with Crippen LogP contribution in [-0.4, -0.2) is 19.5 Å². The predicted molar refractivity (Wildman–Crippen MR) is 183 cm³/mol. The number of hydrogen-bond acceptors (Lipinski definition) is 4. The van der Waals surface area contributed by atoms with Gasteiger partial charge in [-0.1, -0.05) is 60.7 Å². The Balaban J connectivity index is 1.40. The highest BCUT2D eigenvalue weighted by atomic mass is 32.1.